The molecule has 2 rings (SSSR count). The molecule has 0 atom stereocenters. The van der Waals surface area contributed by atoms with E-state index in [1.54, 1.807) is 12.1 Å². The maximum absolute atomic E-state index is 11.3. The molecule has 0 aliphatic rings. The van der Waals surface area contributed by atoms with Crippen molar-refractivity contribution in [2.24, 2.45) is 0 Å². The van der Waals surface area contributed by atoms with Gasteiger partial charge in [-0.1, -0.05) is 0 Å². The molecule has 0 saturated heterocycles. The zero-order valence-electron chi connectivity index (χ0n) is 8.21. The number of aliphatic hydroxyl groups is 1. The van der Waals surface area contributed by atoms with Crippen molar-refractivity contribution in [2.45, 2.75) is 6.73 Å². The molecule has 0 amide bonds. The van der Waals surface area contributed by atoms with Gasteiger partial charge in [0.15, 0.2) is 0 Å². The number of aromatic amines is 1. The Kier molecular flexibility index (Phi) is 2.41. The average molecular weight is 222 g/mol. The Morgan fingerprint density at radius 2 is 1.81 bits per heavy atom. The minimum absolute atomic E-state index is 0.0900. The zero-order chi connectivity index (χ0) is 11.7. The lowest BCUT2D eigenvalue weighted by Crippen LogP contribution is -2.15. The monoisotopic (exact) mass is 222 g/mol. The summed E-state index contributed by atoms with van der Waals surface area (Å²) in [7, 11) is 0. The van der Waals surface area contributed by atoms with Gasteiger partial charge in [0.05, 0.1) is 0 Å². The molecule has 1 aromatic carbocycles. The van der Waals surface area contributed by atoms with Crippen LogP contribution in [-0.2, 0) is 6.73 Å². The molecule has 0 unspecified atom stereocenters. The van der Waals surface area contributed by atoms with Crippen LogP contribution in [0.2, 0.25) is 0 Å². The van der Waals surface area contributed by atoms with E-state index in [9.17, 15) is 9.90 Å². The molecular formula is C10H10N2O4. The maximum Gasteiger partial charge on any atom is 0.330 e. The molecular weight excluding hydrogens is 212 g/mol. The minimum atomic E-state index is -0.598. The number of hydrogen-bond acceptors (Lipinski definition) is 4. The molecule has 0 aliphatic heterocycles. The third-order valence-electron chi connectivity index (χ3n) is 2.25. The molecule has 4 N–H and O–H groups in total. The van der Waals surface area contributed by atoms with E-state index in [1.165, 1.54) is 12.1 Å². The van der Waals surface area contributed by atoms with Gasteiger partial charge in [-0.3, -0.25) is 0 Å². The number of H-pyrrole nitrogens is 1. The molecule has 16 heavy (non-hydrogen) atoms. The number of phenols is 1. The van der Waals surface area contributed by atoms with E-state index in [4.69, 9.17) is 10.2 Å². The molecule has 0 saturated carbocycles. The summed E-state index contributed by atoms with van der Waals surface area (Å²) in [5.74, 6) is -0.245. The van der Waals surface area contributed by atoms with Gasteiger partial charge in [-0.2, -0.15) is 0 Å². The van der Waals surface area contributed by atoms with Crippen molar-refractivity contribution in [2.75, 3.05) is 0 Å². The zero-order valence-corrected chi connectivity index (χ0v) is 8.21. The first-order valence-corrected chi connectivity index (χ1v) is 4.55. The Bertz CT molecular complexity index is 553. The van der Waals surface area contributed by atoms with Crippen LogP contribution in [0.5, 0.6) is 11.6 Å². The summed E-state index contributed by atoms with van der Waals surface area (Å²) < 4.78 is 0.794. The summed E-state index contributed by atoms with van der Waals surface area (Å²) >= 11 is 0. The van der Waals surface area contributed by atoms with Gasteiger partial charge in [0.1, 0.15) is 18.2 Å². The number of aliphatic hydroxyl groups excluding tert-OH is 1. The molecule has 0 bridgehead atoms. The number of rotatable bonds is 2. The molecule has 6 heteroatoms. The Labute approximate surface area is 90.0 Å². The standard InChI is InChI=1S/C10H10N2O4/c13-5-12-9(15)8(11-10(12)16)6-1-3-7(14)4-2-6/h1-4,13-15H,5H2,(H,11,16). The Morgan fingerprint density at radius 3 is 2.31 bits per heavy atom. The Hall–Kier alpha value is -2.21. The number of aromatic hydroxyl groups is 2. The van der Waals surface area contributed by atoms with Gasteiger partial charge in [0.2, 0.25) is 5.88 Å². The van der Waals surface area contributed by atoms with E-state index in [1.807, 2.05) is 0 Å². The predicted molar refractivity (Wildman–Crippen MR) is 56.0 cm³/mol. The number of hydrogen-bond donors (Lipinski definition) is 4. The van der Waals surface area contributed by atoms with Gasteiger partial charge in [-0.25, -0.2) is 9.36 Å². The van der Waals surface area contributed by atoms with E-state index < -0.39 is 12.4 Å². The highest BCUT2D eigenvalue weighted by Crippen LogP contribution is 2.26. The molecule has 0 radical (unpaired) electrons. The fraction of sp³-hybridized carbons (Fsp3) is 0.100. The van der Waals surface area contributed by atoms with Gasteiger partial charge in [0, 0.05) is 5.56 Å². The second-order valence-corrected chi connectivity index (χ2v) is 3.25. The number of phenolic OH excluding ortho intramolecular Hbond substituents is 1. The number of aromatic nitrogens is 2. The maximum atomic E-state index is 11.3. The molecule has 0 fully saturated rings. The van der Waals surface area contributed by atoms with E-state index in [-0.39, 0.29) is 17.3 Å². The number of imidazole rings is 1. The number of benzene rings is 1. The van der Waals surface area contributed by atoms with Crippen LogP contribution >= 0.6 is 0 Å². The lowest BCUT2D eigenvalue weighted by atomic mass is 10.1. The molecule has 2 aromatic rings. The van der Waals surface area contributed by atoms with Crippen LogP contribution in [0.1, 0.15) is 0 Å². The summed E-state index contributed by atoms with van der Waals surface area (Å²) in [4.78, 5) is 13.7. The van der Waals surface area contributed by atoms with Crippen molar-refractivity contribution in [3.05, 3.63) is 34.7 Å². The first-order valence-electron chi connectivity index (χ1n) is 4.55. The van der Waals surface area contributed by atoms with Crippen molar-refractivity contribution in [1.82, 2.24) is 9.55 Å². The Morgan fingerprint density at radius 1 is 1.19 bits per heavy atom. The van der Waals surface area contributed by atoms with Gasteiger partial charge in [0.25, 0.3) is 0 Å². The van der Waals surface area contributed by atoms with Crippen LogP contribution in [0.3, 0.4) is 0 Å². The SMILES string of the molecule is O=c1[nH]c(-c2ccc(O)cc2)c(O)n1CO. The van der Waals surface area contributed by atoms with Crippen molar-refractivity contribution in [3.8, 4) is 22.9 Å². The Balaban J connectivity index is 2.56. The van der Waals surface area contributed by atoms with E-state index in [0.717, 1.165) is 4.57 Å². The first kappa shape index (κ1) is 10.3. The van der Waals surface area contributed by atoms with Gasteiger partial charge >= 0.3 is 5.69 Å². The van der Waals surface area contributed by atoms with Crippen LogP contribution in [-0.4, -0.2) is 24.9 Å². The third-order valence-corrected chi connectivity index (χ3v) is 2.25. The fourth-order valence-electron chi connectivity index (χ4n) is 1.42. The largest absolute Gasteiger partial charge is 0.508 e. The molecule has 6 nitrogen and oxygen atoms in total. The van der Waals surface area contributed by atoms with Crippen LogP contribution in [0.4, 0.5) is 0 Å². The predicted octanol–water partition coefficient (Wildman–Crippen LogP) is 0.204. The van der Waals surface area contributed by atoms with Crippen LogP contribution in [0.25, 0.3) is 11.3 Å². The van der Waals surface area contributed by atoms with Crippen molar-refractivity contribution < 1.29 is 15.3 Å². The summed E-state index contributed by atoms with van der Waals surface area (Å²) in [6.07, 6.45) is 0. The van der Waals surface area contributed by atoms with Crippen LogP contribution < -0.4 is 5.69 Å². The van der Waals surface area contributed by atoms with Crippen molar-refractivity contribution >= 4 is 0 Å². The van der Waals surface area contributed by atoms with Gasteiger partial charge in [-0.05, 0) is 24.3 Å². The lowest BCUT2D eigenvalue weighted by molar-refractivity contribution is 0.192. The van der Waals surface area contributed by atoms with E-state index >= 15 is 0 Å². The second-order valence-electron chi connectivity index (χ2n) is 3.25. The quantitative estimate of drug-likeness (QED) is 0.583. The lowest BCUT2D eigenvalue weighted by Gasteiger charge is -2.00. The summed E-state index contributed by atoms with van der Waals surface area (Å²) in [5.41, 5.74) is 0.154. The molecule has 84 valence electrons. The highest BCUT2D eigenvalue weighted by atomic mass is 16.3. The normalized spacial score (nSPS) is 10.6. The van der Waals surface area contributed by atoms with Gasteiger partial charge < -0.3 is 20.3 Å². The van der Waals surface area contributed by atoms with Crippen LogP contribution in [0, 0.1) is 0 Å². The van der Waals surface area contributed by atoms with Crippen LogP contribution in [0.15, 0.2) is 29.1 Å². The molecule has 0 spiro atoms. The smallest absolute Gasteiger partial charge is 0.330 e. The second kappa shape index (κ2) is 3.74. The van der Waals surface area contributed by atoms with Crippen molar-refractivity contribution in [1.29, 1.82) is 0 Å². The van der Waals surface area contributed by atoms with Crippen molar-refractivity contribution in [3.63, 3.8) is 0 Å². The third kappa shape index (κ3) is 1.55. The first-order chi connectivity index (χ1) is 7.63. The summed E-state index contributed by atoms with van der Waals surface area (Å²) in [6.45, 7) is -0.598. The molecule has 0 aliphatic carbocycles. The average Bonchev–Trinajstić information content (AvgIpc) is 2.55. The number of nitrogens with one attached hydrogen (secondary N) is 1. The topological polar surface area (TPSA) is 98.5 Å². The van der Waals surface area contributed by atoms with Gasteiger partial charge in [-0.15, -0.1) is 0 Å². The summed E-state index contributed by atoms with van der Waals surface area (Å²) in [6, 6.07) is 5.96. The fourth-order valence-corrected chi connectivity index (χ4v) is 1.42. The molecule has 1 heterocycles. The minimum Gasteiger partial charge on any atom is -0.508 e. The molecule has 1 aromatic heterocycles. The summed E-state index contributed by atoms with van der Waals surface area (Å²) in [5, 5.41) is 27.6. The highest BCUT2D eigenvalue weighted by Gasteiger charge is 2.13. The van der Waals surface area contributed by atoms with E-state index in [0.29, 0.717) is 5.56 Å². The van der Waals surface area contributed by atoms with E-state index in [2.05, 4.69) is 4.98 Å². The number of nitrogens with zero attached hydrogens (tertiary/aromatic N) is 1. The highest BCUT2D eigenvalue weighted by molar-refractivity contribution is 5.64.